The molecule has 2 N–H and O–H groups in total. The lowest BCUT2D eigenvalue weighted by Crippen LogP contribution is -2.19. The molecule has 6 nitrogen and oxygen atoms in total. The van der Waals surface area contributed by atoms with E-state index in [0.717, 1.165) is 5.82 Å². The molecule has 0 spiro atoms. The zero-order valence-electron chi connectivity index (χ0n) is 11.2. The van der Waals surface area contributed by atoms with Crippen molar-refractivity contribution in [1.29, 1.82) is 0 Å². The van der Waals surface area contributed by atoms with Gasteiger partial charge in [-0.25, -0.2) is 9.18 Å². The Morgan fingerprint density at radius 1 is 1.05 bits per heavy atom. The Hall–Kier alpha value is -2.96. The Balaban J connectivity index is 1.73. The lowest BCUT2D eigenvalue weighted by Gasteiger charge is -2.08. The highest BCUT2D eigenvalue weighted by Crippen LogP contribution is 2.12. The number of pyridine rings is 1. The smallest absolute Gasteiger partial charge is 0.308 e. The molecule has 0 radical (unpaired) electrons. The Morgan fingerprint density at radius 3 is 2.48 bits per heavy atom. The van der Waals surface area contributed by atoms with Crippen molar-refractivity contribution in [2.24, 2.45) is 0 Å². The van der Waals surface area contributed by atoms with Gasteiger partial charge >= 0.3 is 6.03 Å². The summed E-state index contributed by atoms with van der Waals surface area (Å²) in [5.74, 6) is 0.377. The number of nitrogens with one attached hydrogen (secondary N) is 2. The average Bonchev–Trinajstić information content (AvgIpc) is 2.83. The first-order chi connectivity index (χ1) is 10.1. The van der Waals surface area contributed by atoms with Gasteiger partial charge in [0, 0.05) is 11.9 Å². The zero-order chi connectivity index (χ0) is 14.8. The molecule has 0 saturated heterocycles. The van der Waals surface area contributed by atoms with E-state index >= 15 is 0 Å². The fourth-order valence-electron chi connectivity index (χ4n) is 1.91. The fraction of sp³-hybridized carbons (Fsp3) is 0.0714. The van der Waals surface area contributed by atoms with E-state index in [4.69, 9.17) is 0 Å². The van der Waals surface area contributed by atoms with Crippen LogP contribution in [0.1, 0.15) is 5.82 Å². The van der Waals surface area contributed by atoms with Gasteiger partial charge in [0.1, 0.15) is 11.6 Å². The highest BCUT2D eigenvalue weighted by Gasteiger charge is 2.05. The largest absolute Gasteiger partial charge is 0.323 e. The number of aromatic nitrogens is 3. The van der Waals surface area contributed by atoms with Gasteiger partial charge < -0.3 is 10.6 Å². The first kappa shape index (κ1) is 13.0. The normalized spacial score (nSPS) is 10.6. The molecule has 0 aliphatic heterocycles. The number of hydrogen-bond donors (Lipinski definition) is 2. The number of carbonyl (C=O) groups is 1. The van der Waals surface area contributed by atoms with Crippen molar-refractivity contribution in [3.05, 3.63) is 54.2 Å². The van der Waals surface area contributed by atoms with E-state index in [0.29, 0.717) is 17.0 Å². The van der Waals surface area contributed by atoms with Crippen LogP contribution in [-0.2, 0) is 0 Å². The van der Waals surface area contributed by atoms with Gasteiger partial charge in [0.2, 0.25) is 0 Å². The van der Waals surface area contributed by atoms with Gasteiger partial charge in [-0.1, -0.05) is 0 Å². The molecule has 2 aromatic heterocycles. The van der Waals surface area contributed by atoms with Gasteiger partial charge in [-0.15, -0.1) is 10.2 Å². The number of halogens is 1. The number of aryl methyl sites for hydroxylation is 1. The molecule has 0 saturated carbocycles. The summed E-state index contributed by atoms with van der Waals surface area (Å²) >= 11 is 0. The minimum atomic E-state index is -0.410. The van der Waals surface area contributed by atoms with Crippen molar-refractivity contribution in [1.82, 2.24) is 14.6 Å². The predicted octanol–water partition coefficient (Wildman–Crippen LogP) is 2.82. The molecule has 3 aromatic rings. The van der Waals surface area contributed by atoms with Crippen molar-refractivity contribution in [2.45, 2.75) is 6.92 Å². The second-order valence-electron chi connectivity index (χ2n) is 4.48. The molecular weight excluding hydrogens is 273 g/mol. The van der Waals surface area contributed by atoms with E-state index < -0.39 is 6.03 Å². The summed E-state index contributed by atoms with van der Waals surface area (Å²) in [5, 5.41) is 13.2. The highest BCUT2D eigenvalue weighted by molar-refractivity contribution is 5.99. The fourth-order valence-corrected chi connectivity index (χ4v) is 1.91. The first-order valence-electron chi connectivity index (χ1n) is 6.27. The van der Waals surface area contributed by atoms with Crippen LogP contribution in [0.25, 0.3) is 5.65 Å². The number of anilines is 2. The number of urea groups is 1. The summed E-state index contributed by atoms with van der Waals surface area (Å²) < 4.78 is 14.6. The van der Waals surface area contributed by atoms with Crippen molar-refractivity contribution >= 4 is 23.1 Å². The summed E-state index contributed by atoms with van der Waals surface area (Å²) in [6.07, 6.45) is 1.73. The molecule has 7 heteroatoms. The van der Waals surface area contributed by atoms with Crippen molar-refractivity contribution < 1.29 is 9.18 Å². The molecule has 0 atom stereocenters. The van der Waals surface area contributed by atoms with E-state index in [1.165, 1.54) is 24.3 Å². The maximum Gasteiger partial charge on any atom is 0.323 e. The van der Waals surface area contributed by atoms with Crippen LogP contribution in [0.4, 0.5) is 20.6 Å². The van der Waals surface area contributed by atoms with E-state index in [2.05, 4.69) is 20.8 Å². The molecule has 0 fully saturated rings. The lowest BCUT2D eigenvalue weighted by molar-refractivity contribution is 0.262. The predicted molar refractivity (Wildman–Crippen MR) is 76.8 cm³/mol. The minimum absolute atomic E-state index is 0.352. The standard InChI is InChI=1S/C14H12FN5O/c1-9-18-19-13-7-6-12(8-20(9)13)17-14(21)16-11-4-2-10(15)3-5-11/h2-8H,1H3,(H2,16,17,21). The van der Waals surface area contributed by atoms with Gasteiger partial charge in [-0.3, -0.25) is 4.40 Å². The van der Waals surface area contributed by atoms with Crippen LogP contribution >= 0.6 is 0 Å². The SMILES string of the molecule is Cc1nnc2ccc(NC(=O)Nc3ccc(F)cc3)cn12. The van der Waals surface area contributed by atoms with E-state index in [-0.39, 0.29) is 5.82 Å². The zero-order valence-corrected chi connectivity index (χ0v) is 11.2. The van der Waals surface area contributed by atoms with Crippen molar-refractivity contribution in [2.75, 3.05) is 10.6 Å². The van der Waals surface area contributed by atoms with Gasteiger partial charge in [-0.2, -0.15) is 0 Å². The molecule has 2 heterocycles. The molecule has 2 amide bonds. The first-order valence-corrected chi connectivity index (χ1v) is 6.27. The Morgan fingerprint density at radius 2 is 1.71 bits per heavy atom. The second kappa shape index (κ2) is 5.20. The lowest BCUT2D eigenvalue weighted by atomic mass is 10.3. The molecule has 1 aromatic carbocycles. The number of fused-ring (bicyclic) bond motifs is 1. The van der Waals surface area contributed by atoms with Crippen LogP contribution in [0.15, 0.2) is 42.6 Å². The van der Waals surface area contributed by atoms with Crippen LogP contribution in [-0.4, -0.2) is 20.6 Å². The third-order valence-corrected chi connectivity index (χ3v) is 2.93. The van der Waals surface area contributed by atoms with Crippen LogP contribution in [0, 0.1) is 12.7 Å². The number of amides is 2. The summed E-state index contributed by atoms with van der Waals surface area (Å²) in [6.45, 7) is 1.82. The van der Waals surface area contributed by atoms with Gasteiger partial charge in [0.15, 0.2) is 5.65 Å². The Bertz CT molecular complexity index is 797. The second-order valence-corrected chi connectivity index (χ2v) is 4.48. The van der Waals surface area contributed by atoms with E-state index in [1.807, 2.05) is 6.92 Å². The van der Waals surface area contributed by atoms with Gasteiger partial charge in [0.05, 0.1) is 5.69 Å². The molecule has 0 bridgehead atoms. The third kappa shape index (κ3) is 2.81. The van der Waals surface area contributed by atoms with Crippen molar-refractivity contribution in [3.8, 4) is 0 Å². The molecule has 0 unspecified atom stereocenters. The van der Waals surface area contributed by atoms with E-state index in [1.54, 1.807) is 22.7 Å². The summed E-state index contributed by atoms with van der Waals surface area (Å²) in [7, 11) is 0. The monoisotopic (exact) mass is 285 g/mol. The van der Waals surface area contributed by atoms with Crippen LogP contribution in [0.3, 0.4) is 0 Å². The van der Waals surface area contributed by atoms with Gasteiger partial charge in [0.25, 0.3) is 0 Å². The maximum absolute atomic E-state index is 12.8. The highest BCUT2D eigenvalue weighted by atomic mass is 19.1. The van der Waals surface area contributed by atoms with Gasteiger partial charge in [-0.05, 0) is 43.3 Å². The van der Waals surface area contributed by atoms with Crippen LogP contribution in [0.2, 0.25) is 0 Å². The summed E-state index contributed by atoms with van der Waals surface area (Å²) in [4.78, 5) is 11.9. The number of rotatable bonds is 2. The average molecular weight is 285 g/mol. The molecule has 21 heavy (non-hydrogen) atoms. The number of benzene rings is 1. The molecular formula is C14H12FN5O. The van der Waals surface area contributed by atoms with Crippen LogP contribution in [0.5, 0.6) is 0 Å². The minimum Gasteiger partial charge on any atom is -0.308 e. The number of hydrogen-bond acceptors (Lipinski definition) is 3. The van der Waals surface area contributed by atoms with Crippen molar-refractivity contribution in [3.63, 3.8) is 0 Å². The topological polar surface area (TPSA) is 71.3 Å². The molecule has 0 aliphatic rings. The van der Waals surface area contributed by atoms with Crippen LogP contribution < -0.4 is 10.6 Å². The van der Waals surface area contributed by atoms with E-state index in [9.17, 15) is 9.18 Å². The summed E-state index contributed by atoms with van der Waals surface area (Å²) in [5.41, 5.74) is 1.82. The number of carbonyl (C=O) groups excluding carboxylic acids is 1. The quantitative estimate of drug-likeness (QED) is 0.760. The molecule has 0 aliphatic carbocycles. The Labute approximate surface area is 119 Å². The molecule has 106 valence electrons. The Kier molecular flexibility index (Phi) is 3.23. The summed E-state index contributed by atoms with van der Waals surface area (Å²) in [6, 6.07) is 8.61. The molecule has 3 rings (SSSR count). The maximum atomic E-state index is 12.8. The number of nitrogens with zero attached hydrogens (tertiary/aromatic N) is 3. The third-order valence-electron chi connectivity index (χ3n) is 2.93.